The zero-order valence-corrected chi connectivity index (χ0v) is 9.48. The molecule has 0 bridgehead atoms. The number of nitrogens with one attached hydrogen (secondary N) is 1. The molecule has 2 nitrogen and oxygen atoms in total. The third-order valence-corrected chi connectivity index (χ3v) is 2.43. The molecule has 0 aliphatic heterocycles. The van der Waals surface area contributed by atoms with Gasteiger partial charge < -0.3 is 5.32 Å². The van der Waals surface area contributed by atoms with E-state index in [1.54, 1.807) is 0 Å². The lowest BCUT2D eigenvalue weighted by Gasteiger charge is -2.05. The second kappa shape index (κ2) is 5.42. The van der Waals surface area contributed by atoms with Crippen LogP contribution in [-0.2, 0) is 13.1 Å². The molecule has 0 amide bonds. The van der Waals surface area contributed by atoms with Crippen LogP contribution in [0.2, 0.25) is 0 Å². The summed E-state index contributed by atoms with van der Waals surface area (Å²) in [5.74, 6) is 0. The average molecular weight is 212 g/mol. The highest BCUT2D eigenvalue weighted by atomic mass is 14.8. The number of rotatable bonds is 4. The topological polar surface area (TPSA) is 24.9 Å². The smallest absolute Gasteiger partial charge is 0.0313 e. The summed E-state index contributed by atoms with van der Waals surface area (Å²) in [5, 5.41) is 3.41. The number of aromatic nitrogens is 1. The SMILES string of the molecule is Cc1cncc(CNCc2ccccc2)c1. The first-order valence-corrected chi connectivity index (χ1v) is 5.50. The first kappa shape index (κ1) is 10.8. The van der Waals surface area contributed by atoms with Crippen molar-refractivity contribution >= 4 is 0 Å². The standard InChI is InChI=1S/C14H16N2/c1-12-7-14(10-15-8-12)11-16-9-13-5-3-2-4-6-13/h2-8,10,16H,9,11H2,1H3. The van der Waals surface area contributed by atoms with Gasteiger partial charge in [-0.2, -0.15) is 0 Å². The number of aryl methyl sites for hydroxylation is 1. The highest BCUT2D eigenvalue weighted by Gasteiger charge is 1.94. The molecule has 16 heavy (non-hydrogen) atoms. The first-order chi connectivity index (χ1) is 7.84. The molecule has 1 aromatic carbocycles. The minimum Gasteiger partial charge on any atom is -0.309 e. The first-order valence-electron chi connectivity index (χ1n) is 5.50. The van der Waals surface area contributed by atoms with Crippen LogP contribution in [0, 0.1) is 6.92 Å². The molecule has 1 aromatic heterocycles. The van der Waals surface area contributed by atoms with Crippen LogP contribution >= 0.6 is 0 Å². The lowest BCUT2D eigenvalue weighted by Crippen LogP contribution is -2.12. The van der Waals surface area contributed by atoms with E-state index in [1.165, 1.54) is 16.7 Å². The summed E-state index contributed by atoms with van der Waals surface area (Å²) < 4.78 is 0. The van der Waals surface area contributed by atoms with E-state index in [4.69, 9.17) is 0 Å². The predicted molar refractivity (Wildman–Crippen MR) is 66.0 cm³/mol. The van der Waals surface area contributed by atoms with Gasteiger partial charge in [0.15, 0.2) is 0 Å². The summed E-state index contributed by atoms with van der Waals surface area (Å²) in [6.45, 7) is 3.83. The van der Waals surface area contributed by atoms with Gasteiger partial charge in [-0.15, -0.1) is 0 Å². The molecule has 2 aromatic rings. The second-order valence-corrected chi connectivity index (χ2v) is 3.96. The van der Waals surface area contributed by atoms with Crippen molar-refractivity contribution in [3.63, 3.8) is 0 Å². The normalized spacial score (nSPS) is 10.3. The summed E-state index contributed by atoms with van der Waals surface area (Å²) in [7, 11) is 0. The Morgan fingerprint density at radius 2 is 1.75 bits per heavy atom. The average Bonchev–Trinajstić information content (AvgIpc) is 2.30. The molecule has 0 aliphatic rings. The summed E-state index contributed by atoms with van der Waals surface area (Å²) in [5.41, 5.74) is 3.75. The van der Waals surface area contributed by atoms with E-state index in [2.05, 4.69) is 47.6 Å². The van der Waals surface area contributed by atoms with Gasteiger partial charge in [-0.3, -0.25) is 4.98 Å². The van der Waals surface area contributed by atoms with Crippen LogP contribution in [0.5, 0.6) is 0 Å². The van der Waals surface area contributed by atoms with Gasteiger partial charge in [0.1, 0.15) is 0 Å². The number of pyridine rings is 1. The van der Waals surface area contributed by atoms with Crippen molar-refractivity contribution in [1.82, 2.24) is 10.3 Å². The molecule has 82 valence electrons. The minimum atomic E-state index is 0.865. The van der Waals surface area contributed by atoms with Gasteiger partial charge >= 0.3 is 0 Å². The van der Waals surface area contributed by atoms with Crippen LogP contribution in [0.3, 0.4) is 0 Å². The molecule has 1 N–H and O–H groups in total. The fourth-order valence-electron chi connectivity index (χ4n) is 1.66. The van der Waals surface area contributed by atoms with Crippen LogP contribution in [0.1, 0.15) is 16.7 Å². The third-order valence-electron chi connectivity index (χ3n) is 2.43. The van der Waals surface area contributed by atoms with Crippen LogP contribution in [0.4, 0.5) is 0 Å². The van der Waals surface area contributed by atoms with Crippen LogP contribution < -0.4 is 5.32 Å². The van der Waals surface area contributed by atoms with Crippen molar-refractivity contribution in [3.8, 4) is 0 Å². The van der Waals surface area contributed by atoms with Crippen LogP contribution in [-0.4, -0.2) is 4.98 Å². The fourth-order valence-corrected chi connectivity index (χ4v) is 1.66. The van der Waals surface area contributed by atoms with Crippen LogP contribution in [0.25, 0.3) is 0 Å². The number of hydrogen-bond acceptors (Lipinski definition) is 2. The fraction of sp³-hybridized carbons (Fsp3) is 0.214. The van der Waals surface area contributed by atoms with Crippen molar-refractivity contribution in [2.45, 2.75) is 20.0 Å². The number of benzene rings is 1. The number of hydrogen-bond donors (Lipinski definition) is 1. The molecule has 2 heteroatoms. The molecule has 1 heterocycles. The molecule has 0 aliphatic carbocycles. The van der Waals surface area contributed by atoms with Gasteiger partial charge in [0.25, 0.3) is 0 Å². The Bertz CT molecular complexity index is 437. The summed E-state index contributed by atoms with van der Waals surface area (Å²) in [6.07, 6.45) is 3.78. The van der Waals surface area contributed by atoms with E-state index in [-0.39, 0.29) is 0 Å². The maximum Gasteiger partial charge on any atom is 0.0313 e. The van der Waals surface area contributed by atoms with Gasteiger partial charge in [-0.05, 0) is 23.6 Å². The summed E-state index contributed by atoms with van der Waals surface area (Å²) >= 11 is 0. The lowest BCUT2D eigenvalue weighted by atomic mass is 10.2. The van der Waals surface area contributed by atoms with Gasteiger partial charge in [-0.1, -0.05) is 36.4 Å². The van der Waals surface area contributed by atoms with Crippen LogP contribution in [0.15, 0.2) is 48.8 Å². The predicted octanol–water partition coefficient (Wildman–Crippen LogP) is 2.68. The molecule has 0 spiro atoms. The zero-order valence-electron chi connectivity index (χ0n) is 9.48. The summed E-state index contributed by atoms with van der Waals surface area (Å²) in [4.78, 5) is 4.17. The maximum absolute atomic E-state index is 4.17. The Morgan fingerprint density at radius 3 is 2.50 bits per heavy atom. The Kier molecular flexibility index (Phi) is 3.67. The Hall–Kier alpha value is -1.67. The Morgan fingerprint density at radius 1 is 1.00 bits per heavy atom. The van der Waals surface area contributed by atoms with Crippen molar-refractivity contribution in [1.29, 1.82) is 0 Å². The number of nitrogens with zero attached hydrogens (tertiary/aromatic N) is 1. The van der Waals surface area contributed by atoms with Gasteiger partial charge in [0.05, 0.1) is 0 Å². The Balaban J connectivity index is 1.85. The largest absolute Gasteiger partial charge is 0.309 e. The zero-order chi connectivity index (χ0) is 11.2. The van der Waals surface area contributed by atoms with Crippen molar-refractivity contribution in [2.24, 2.45) is 0 Å². The highest BCUT2D eigenvalue weighted by Crippen LogP contribution is 2.02. The molecule has 0 saturated heterocycles. The molecule has 0 radical (unpaired) electrons. The van der Waals surface area contributed by atoms with E-state index in [9.17, 15) is 0 Å². The highest BCUT2D eigenvalue weighted by molar-refractivity contribution is 5.17. The van der Waals surface area contributed by atoms with E-state index in [1.807, 2.05) is 18.5 Å². The quantitative estimate of drug-likeness (QED) is 0.842. The van der Waals surface area contributed by atoms with Gasteiger partial charge in [-0.25, -0.2) is 0 Å². The second-order valence-electron chi connectivity index (χ2n) is 3.96. The van der Waals surface area contributed by atoms with E-state index < -0.39 is 0 Å². The molecular formula is C14H16N2. The monoisotopic (exact) mass is 212 g/mol. The minimum absolute atomic E-state index is 0.865. The molecule has 0 fully saturated rings. The molecule has 2 rings (SSSR count). The summed E-state index contributed by atoms with van der Waals surface area (Å²) in [6, 6.07) is 12.6. The van der Waals surface area contributed by atoms with E-state index in [0.717, 1.165) is 13.1 Å². The molecule has 0 saturated carbocycles. The molecular weight excluding hydrogens is 196 g/mol. The third kappa shape index (κ3) is 3.17. The van der Waals surface area contributed by atoms with Crippen molar-refractivity contribution in [2.75, 3.05) is 0 Å². The molecule has 0 unspecified atom stereocenters. The van der Waals surface area contributed by atoms with E-state index >= 15 is 0 Å². The maximum atomic E-state index is 4.17. The van der Waals surface area contributed by atoms with Gasteiger partial charge in [0.2, 0.25) is 0 Å². The van der Waals surface area contributed by atoms with Gasteiger partial charge in [0, 0.05) is 25.5 Å². The van der Waals surface area contributed by atoms with Crippen molar-refractivity contribution < 1.29 is 0 Å². The Labute approximate surface area is 96.4 Å². The molecule has 0 atom stereocenters. The van der Waals surface area contributed by atoms with E-state index in [0.29, 0.717) is 0 Å². The van der Waals surface area contributed by atoms with Crippen molar-refractivity contribution in [3.05, 3.63) is 65.5 Å². The lowest BCUT2D eigenvalue weighted by molar-refractivity contribution is 0.691.